The number of carbonyl (C=O) groups is 1. The molecule has 0 bridgehead atoms. The Labute approximate surface area is 85.2 Å². The highest BCUT2D eigenvalue weighted by Gasteiger charge is 2.44. The highest BCUT2D eigenvalue weighted by atomic mass is 16.5. The maximum Gasteiger partial charge on any atom is 0.232 e. The number of hydrogen-bond donors (Lipinski definition) is 2. The number of rotatable bonds is 6. The van der Waals surface area contributed by atoms with Crippen molar-refractivity contribution in [2.24, 2.45) is 11.1 Å². The highest BCUT2D eigenvalue weighted by Crippen LogP contribution is 2.25. The van der Waals surface area contributed by atoms with E-state index in [0.29, 0.717) is 19.8 Å². The molecule has 1 amide bonds. The van der Waals surface area contributed by atoms with Gasteiger partial charge in [0.05, 0.1) is 13.2 Å². The van der Waals surface area contributed by atoms with Crippen LogP contribution < -0.4 is 11.1 Å². The van der Waals surface area contributed by atoms with Gasteiger partial charge in [-0.25, -0.2) is 0 Å². The predicted molar refractivity (Wildman–Crippen MR) is 54.8 cm³/mol. The average Bonchev–Trinajstić information content (AvgIpc) is 2.12. The number of nitrogens with two attached hydrogens (primary N) is 1. The second-order valence-corrected chi connectivity index (χ2v) is 3.94. The van der Waals surface area contributed by atoms with Crippen molar-refractivity contribution >= 4 is 5.91 Å². The van der Waals surface area contributed by atoms with E-state index in [4.69, 9.17) is 10.5 Å². The first kappa shape index (κ1) is 11.5. The topological polar surface area (TPSA) is 64.4 Å². The second-order valence-electron chi connectivity index (χ2n) is 3.94. The molecule has 0 unspecified atom stereocenters. The minimum atomic E-state index is -0.424. The maximum atomic E-state index is 11.7. The summed E-state index contributed by atoms with van der Waals surface area (Å²) in [5.41, 5.74) is 5.13. The molecule has 1 aliphatic heterocycles. The second kappa shape index (κ2) is 5.32. The van der Waals surface area contributed by atoms with Gasteiger partial charge >= 0.3 is 0 Å². The Morgan fingerprint density at radius 1 is 1.50 bits per heavy atom. The van der Waals surface area contributed by atoms with E-state index in [1.54, 1.807) is 0 Å². The van der Waals surface area contributed by atoms with Crippen molar-refractivity contribution in [3.05, 3.63) is 0 Å². The molecule has 0 radical (unpaired) electrons. The number of carbonyl (C=O) groups excluding carboxylic acids is 1. The minimum absolute atomic E-state index is 0.0577. The van der Waals surface area contributed by atoms with Crippen LogP contribution in [0.3, 0.4) is 0 Å². The molecule has 0 aromatic heterocycles. The van der Waals surface area contributed by atoms with Gasteiger partial charge in [-0.2, -0.15) is 0 Å². The molecule has 1 aliphatic rings. The number of ether oxygens (including phenoxy) is 1. The van der Waals surface area contributed by atoms with Crippen LogP contribution in [0.2, 0.25) is 0 Å². The molecule has 1 saturated heterocycles. The first-order chi connectivity index (χ1) is 6.75. The molecule has 4 nitrogen and oxygen atoms in total. The van der Waals surface area contributed by atoms with E-state index in [1.165, 1.54) is 6.42 Å². The summed E-state index contributed by atoms with van der Waals surface area (Å²) in [6.45, 7) is 4.23. The molecular weight excluding hydrogens is 180 g/mol. The fourth-order valence-corrected chi connectivity index (χ4v) is 1.45. The summed E-state index contributed by atoms with van der Waals surface area (Å²) < 4.78 is 5.04. The van der Waals surface area contributed by atoms with Gasteiger partial charge in [0.25, 0.3) is 0 Å². The number of hydrogen-bond acceptors (Lipinski definition) is 3. The van der Waals surface area contributed by atoms with Crippen LogP contribution in [0, 0.1) is 5.41 Å². The van der Waals surface area contributed by atoms with Gasteiger partial charge in [0.2, 0.25) is 5.91 Å². The molecular formula is C10H20N2O2. The Morgan fingerprint density at radius 2 is 2.21 bits per heavy atom. The molecule has 1 rings (SSSR count). The van der Waals surface area contributed by atoms with Crippen LogP contribution in [0.4, 0.5) is 0 Å². The quantitative estimate of drug-likeness (QED) is 0.605. The van der Waals surface area contributed by atoms with E-state index in [1.807, 2.05) is 0 Å². The van der Waals surface area contributed by atoms with Gasteiger partial charge in [-0.15, -0.1) is 0 Å². The standard InChI is InChI=1S/C10H20N2O2/c1-2-3-4-5-12-9(13)10(6-11)7-14-8-10/h2-8,11H2,1H3,(H,12,13). The van der Waals surface area contributed by atoms with E-state index in [-0.39, 0.29) is 5.91 Å². The summed E-state index contributed by atoms with van der Waals surface area (Å²) in [6, 6.07) is 0. The molecule has 1 heterocycles. The third-order valence-corrected chi connectivity index (χ3v) is 2.70. The zero-order valence-corrected chi connectivity index (χ0v) is 8.84. The molecule has 0 saturated carbocycles. The summed E-state index contributed by atoms with van der Waals surface area (Å²) in [6.07, 6.45) is 3.37. The Morgan fingerprint density at radius 3 is 2.64 bits per heavy atom. The molecule has 14 heavy (non-hydrogen) atoms. The largest absolute Gasteiger partial charge is 0.379 e. The van der Waals surface area contributed by atoms with Crippen LogP contribution in [0.5, 0.6) is 0 Å². The smallest absolute Gasteiger partial charge is 0.232 e. The lowest BCUT2D eigenvalue weighted by Gasteiger charge is -2.38. The van der Waals surface area contributed by atoms with Crippen molar-refractivity contribution in [3.63, 3.8) is 0 Å². The lowest BCUT2D eigenvalue weighted by molar-refractivity contribution is -0.159. The molecule has 0 aliphatic carbocycles. The summed E-state index contributed by atoms with van der Waals surface area (Å²) in [4.78, 5) is 11.7. The Hall–Kier alpha value is -0.610. The van der Waals surface area contributed by atoms with E-state index >= 15 is 0 Å². The number of nitrogens with one attached hydrogen (secondary N) is 1. The first-order valence-corrected chi connectivity index (χ1v) is 5.31. The van der Waals surface area contributed by atoms with Crippen LogP contribution in [-0.2, 0) is 9.53 Å². The molecule has 0 aromatic carbocycles. The summed E-state index contributed by atoms with van der Waals surface area (Å²) >= 11 is 0. The fraction of sp³-hybridized carbons (Fsp3) is 0.900. The van der Waals surface area contributed by atoms with Crippen molar-refractivity contribution in [1.29, 1.82) is 0 Å². The van der Waals surface area contributed by atoms with Gasteiger partial charge < -0.3 is 15.8 Å². The van der Waals surface area contributed by atoms with Gasteiger partial charge in [-0.3, -0.25) is 4.79 Å². The van der Waals surface area contributed by atoms with E-state index < -0.39 is 5.41 Å². The molecule has 3 N–H and O–H groups in total. The summed E-state index contributed by atoms with van der Waals surface area (Å²) in [5.74, 6) is 0.0577. The van der Waals surface area contributed by atoms with Crippen LogP contribution in [-0.4, -0.2) is 32.2 Å². The van der Waals surface area contributed by atoms with Crippen molar-refractivity contribution in [2.75, 3.05) is 26.3 Å². The zero-order valence-electron chi connectivity index (χ0n) is 8.84. The van der Waals surface area contributed by atoms with Crippen molar-refractivity contribution < 1.29 is 9.53 Å². The third kappa shape index (κ3) is 2.45. The molecule has 4 heteroatoms. The normalized spacial score (nSPS) is 18.7. The fourth-order valence-electron chi connectivity index (χ4n) is 1.45. The number of unbranched alkanes of at least 4 members (excludes halogenated alkanes) is 2. The maximum absolute atomic E-state index is 11.7. The van der Waals surface area contributed by atoms with Gasteiger partial charge in [0.1, 0.15) is 5.41 Å². The lowest BCUT2D eigenvalue weighted by Crippen LogP contribution is -2.58. The van der Waals surface area contributed by atoms with E-state index in [9.17, 15) is 4.79 Å². The van der Waals surface area contributed by atoms with Gasteiger partial charge in [0.15, 0.2) is 0 Å². The Kier molecular flexibility index (Phi) is 4.35. The lowest BCUT2D eigenvalue weighted by atomic mass is 9.85. The Balaban J connectivity index is 2.20. The van der Waals surface area contributed by atoms with Crippen molar-refractivity contribution in [3.8, 4) is 0 Å². The van der Waals surface area contributed by atoms with Crippen LogP contribution in [0.1, 0.15) is 26.2 Å². The van der Waals surface area contributed by atoms with Gasteiger partial charge in [-0.1, -0.05) is 19.8 Å². The molecule has 82 valence electrons. The average molecular weight is 200 g/mol. The zero-order chi connectivity index (χ0) is 10.4. The van der Waals surface area contributed by atoms with Gasteiger partial charge in [-0.05, 0) is 6.42 Å². The van der Waals surface area contributed by atoms with E-state index in [0.717, 1.165) is 19.4 Å². The highest BCUT2D eigenvalue weighted by molar-refractivity contribution is 5.84. The first-order valence-electron chi connectivity index (χ1n) is 5.31. The summed E-state index contributed by atoms with van der Waals surface area (Å²) in [5, 5.41) is 2.91. The number of amides is 1. The van der Waals surface area contributed by atoms with Crippen LogP contribution >= 0.6 is 0 Å². The Bertz CT molecular complexity index is 185. The van der Waals surface area contributed by atoms with E-state index in [2.05, 4.69) is 12.2 Å². The van der Waals surface area contributed by atoms with Crippen molar-refractivity contribution in [2.45, 2.75) is 26.2 Å². The van der Waals surface area contributed by atoms with Crippen LogP contribution in [0.25, 0.3) is 0 Å². The molecule has 0 atom stereocenters. The van der Waals surface area contributed by atoms with Crippen molar-refractivity contribution in [1.82, 2.24) is 5.32 Å². The molecule has 0 spiro atoms. The molecule has 0 aromatic rings. The monoisotopic (exact) mass is 200 g/mol. The molecule has 1 fully saturated rings. The summed E-state index contributed by atoms with van der Waals surface area (Å²) in [7, 11) is 0. The van der Waals surface area contributed by atoms with Gasteiger partial charge in [0, 0.05) is 13.1 Å². The SMILES string of the molecule is CCCCCNC(=O)C1(CN)COC1. The predicted octanol–water partition coefficient (Wildman–Crippen LogP) is 0.268. The third-order valence-electron chi connectivity index (χ3n) is 2.70. The van der Waals surface area contributed by atoms with Crippen LogP contribution in [0.15, 0.2) is 0 Å². The minimum Gasteiger partial charge on any atom is -0.379 e.